The number of nitrogens with two attached hydrogens (primary N) is 1. The van der Waals surface area contributed by atoms with Crippen LogP contribution in [-0.4, -0.2) is 31.5 Å². The van der Waals surface area contributed by atoms with Crippen molar-refractivity contribution in [3.8, 4) is 11.1 Å². The van der Waals surface area contributed by atoms with Gasteiger partial charge in [-0.05, 0) is 38.8 Å². The number of Topliss-reactive ketones (excluding diaryl/α,β-unsaturated/α-hetero) is 1. The van der Waals surface area contributed by atoms with Crippen molar-refractivity contribution < 1.29 is 14.4 Å². The molecule has 32 heavy (non-hydrogen) atoms. The Hall–Kier alpha value is -3.42. The molecule has 1 aliphatic carbocycles. The standard InChI is InChI=1S/C22H23N5OS.CO2/c1-12-8-17-18(29-12)9-15(10-24-17)16-11-25-27-21(23)19(13(2)28)20(26-22(16)27)14-6-4-3-5-7-14;2-1-3/h8-11,14H,3-7,23H2,1-2H3;. The van der Waals surface area contributed by atoms with Gasteiger partial charge >= 0.3 is 6.15 Å². The molecule has 0 spiro atoms. The van der Waals surface area contributed by atoms with Gasteiger partial charge in [0.05, 0.1) is 27.7 Å². The maximum atomic E-state index is 12.4. The van der Waals surface area contributed by atoms with E-state index in [0.717, 1.165) is 39.9 Å². The van der Waals surface area contributed by atoms with Gasteiger partial charge in [0.2, 0.25) is 0 Å². The molecule has 4 aromatic rings. The largest absolute Gasteiger partial charge is 0.383 e. The molecule has 0 atom stereocenters. The number of ketones is 1. The van der Waals surface area contributed by atoms with Crippen LogP contribution in [0.15, 0.2) is 24.5 Å². The molecule has 0 aromatic carbocycles. The fraction of sp³-hybridized carbons (Fsp3) is 0.348. The van der Waals surface area contributed by atoms with Gasteiger partial charge < -0.3 is 5.73 Å². The fourth-order valence-corrected chi connectivity index (χ4v) is 5.38. The first-order valence-electron chi connectivity index (χ1n) is 10.5. The zero-order valence-electron chi connectivity index (χ0n) is 17.9. The van der Waals surface area contributed by atoms with Crippen molar-refractivity contribution in [1.82, 2.24) is 19.6 Å². The third-order valence-electron chi connectivity index (χ3n) is 5.86. The monoisotopic (exact) mass is 449 g/mol. The van der Waals surface area contributed by atoms with Crippen molar-refractivity contribution in [2.75, 3.05) is 5.73 Å². The number of anilines is 1. The maximum Gasteiger partial charge on any atom is 0.373 e. The van der Waals surface area contributed by atoms with Gasteiger partial charge in [-0.25, -0.2) is 4.98 Å². The summed E-state index contributed by atoms with van der Waals surface area (Å²) in [5, 5.41) is 4.46. The molecule has 5 rings (SSSR count). The van der Waals surface area contributed by atoms with E-state index >= 15 is 0 Å². The number of aromatic nitrogens is 4. The van der Waals surface area contributed by atoms with Gasteiger partial charge in [-0.3, -0.25) is 9.78 Å². The number of carbonyl (C=O) groups excluding carboxylic acids is 3. The molecule has 2 N–H and O–H groups in total. The summed E-state index contributed by atoms with van der Waals surface area (Å²) in [4.78, 5) is 39.5. The summed E-state index contributed by atoms with van der Waals surface area (Å²) < 4.78 is 2.74. The Kier molecular flexibility index (Phi) is 6.12. The minimum absolute atomic E-state index is 0.0494. The molecule has 0 aliphatic heterocycles. The van der Waals surface area contributed by atoms with E-state index in [1.54, 1.807) is 29.0 Å². The fourth-order valence-electron chi connectivity index (χ4n) is 4.46. The topological polar surface area (TPSA) is 120 Å². The zero-order chi connectivity index (χ0) is 22.8. The number of thiophene rings is 1. The highest BCUT2D eigenvalue weighted by Crippen LogP contribution is 2.37. The molecule has 164 valence electrons. The van der Waals surface area contributed by atoms with Crippen molar-refractivity contribution in [1.29, 1.82) is 0 Å². The van der Waals surface area contributed by atoms with E-state index in [9.17, 15) is 4.79 Å². The highest BCUT2D eigenvalue weighted by Gasteiger charge is 2.26. The van der Waals surface area contributed by atoms with Gasteiger partial charge in [-0.15, -0.1) is 11.3 Å². The second-order valence-corrected chi connectivity index (χ2v) is 9.28. The molecule has 4 heterocycles. The van der Waals surface area contributed by atoms with Crippen molar-refractivity contribution in [2.24, 2.45) is 0 Å². The smallest absolute Gasteiger partial charge is 0.373 e. The van der Waals surface area contributed by atoms with E-state index in [2.05, 4.69) is 29.1 Å². The molecule has 9 heteroatoms. The Bertz CT molecular complexity index is 1340. The molecular formula is C23H23N5O3S. The highest BCUT2D eigenvalue weighted by atomic mass is 32.1. The third-order valence-corrected chi connectivity index (χ3v) is 6.85. The van der Waals surface area contributed by atoms with Gasteiger partial charge in [0.1, 0.15) is 5.82 Å². The van der Waals surface area contributed by atoms with Crippen LogP contribution in [0.25, 0.3) is 27.0 Å². The number of hydrogen-bond donors (Lipinski definition) is 1. The van der Waals surface area contributed by atoms with E-state index in [1.165, 1.54) is 24.1 Å². The van der Waals surface area contributed by atoms with Crippen LogP contribution in [0.4, 0.5) is 5.82 Å². The molecule has 4 aromatic heterocycles. The minimum Gasteiger partial charge on any atom is -0.383 e. The van der Waals surface area contributed by atoms with E-state index in [-0.39, 0.29) is 17.9 Å². The maximum absolute atomic E-state index is 12.4. The number of pyridine rings is 1. The predicted octanol–water partition coefficient (Wildman–Crippen LogP) is 4.56. The molecular weight excluding hydrogens is 426 g/mol. The van der Waals surface area contributed by atoms with Crippen LogP contribution in [0.1, 0.15) is 65.9 Å². The zero-order valence-corrected chi connectivity index (χ0v) is 18.7. The number of hydrogen-bond acceptors (Lipinski definition) is 8. The SMILES string of the molecule is CC(=O)c1c(C2CCCCC2)nc2c(-c3cnc4cc(C)sc4c3)cnn2c1N.O=C=O. The molecule has 0 unspecified atom stereocenters. The first-order chi connectivity index (χ1) is 15.4. The molecule has 0 radical (unpaired) electrons. The van der Waals surface area contributed by atoms with Crippen LogP contribution in [-0.2, 0) is 9.59 Å². The van der Waals surface area contributed by atoms with Crippen LogP contribution in [0, 0.1) is 6.92 Å². The van der Waals surface area contributed by atoms with Crippen LogP contribution in [0.3, 0.4) is 0 Å². The molecule has 8 nitrogen and oxygen atoms in total. The van der Waals surface area contributed by atoms with Gasteiger partial charge in [0.25, 0.3) is 0 Å². The Morgan fingerprint density at radius 1 is 1.19 bits per heavy atom. The molecule has 1 saturated carbocycles. The Morgan fingerprint density at radius 2 is 1.91 bits per heavy atom. The van der Waals surface area contributed by atoms with E-state index in [4.69, 9.17) is 20.3 Å². The van der Waals surface area contributed by atoms with Crippen molar-refractivity contribution in [3.63, 3.8) is 0 Å². The lowest BCUT2D eigenvalue weighted by atomic mass is 9.84. The molecule has 1 aliphatic rings. The Balaban J connectivity index is 0.000000775. The number of nitrogens with zero attached hydrogens (tertiary/aromatic N) is 4. The molecule has 0 bridgehead atoms. The van der Waals surface area contributed by atoms with Gasteiger partial charge in [-0.2, -0.15) is 19.2 Å². The van der Waals surface area contributed by atoms with Gasteiger partial charge in [0.15, 0.2) is 11.4 Å². The lowest BCUT2D eigenvalue weighted by molar-refractivity contribution is -0.191. The quantitative estimate of drug-likeness (QED) is 0.455. The van der Waals surface area contributed by atoms with E-state index in [0.29, 0.717) is 17.0 Å². The van der Waals surface area contributed by atoms with E-state index in [1.807, 2.05) is 6.20 Å². The summed E-state index contributed by atoms with van der Waals surface area (Å²) in [6.45, 7) is 3.65. The summed E-state index contributed by atoms with van der Waals surface area (Å²) in [6, 6.07) is 4.23. The lowest BCUT2D eigenvalue weighted by Crippen LogP contribution is -2.17. The number of rotatable bonds is 3. The predicted molar refractivity (Wildman–Crippen MR) is 122 cm³/mol. The van der Waals surface area contributed by atoms with E-state index < -0.39 is 0 Å². The van der Waals surface area contributed by atoms with Crippen LogP contribution >= 0.6 is 11.3 Å². The second-order valence-electron chi connectivity index (χ2n) is 7.99. The summed E-state index contributed by atoms with van der Waals surface area (Å²) in [6.07, 6.45) is 9.56. The number of carbonyl (C=O) groups is 1. The average Bonchev–Trinajstić information content (AvgIpc) is 3.36. The Morgan fingerprint density at radius 3 is 2.59 bits per heavy atom. The Labute approximate surface area is 188 Å². The summed E-state index contributed by atoms with van der Waals surface area (Å²) in [5.41, 5.74) is 11.4. The lowest BCUT2D eigenvalue weighted by Gasteiger charge is -2.23. The van der Waals surface area contributed by atoms with Crippen LogP contribution in [0.5, 0.6) is 0 Å². The van der Waals surface area contributed by atoms with Gasteiger partial charge in [0, 0.05) is 28.1 Å². The minimum atomic E-state index is -0.0494. The molecule has 1 fully saturated rings. The number of aryl methyl sites for hydroxylation is 1. The third kappa shape index (κ3) is 3.92. The number of nitrogen functional groups attached to an aromatic ring is 1. The molecule has 0 saturated heterocycles. The summed E-state index contributed by atoms with van der Waals surface area (Å²) in [7, 11) is 0. The second kappa shape index (κ2) is 8.98. The number of fused-ring (bicyclic) bond motifs is 2. The molecule has 0 amide bonds. The van der Waals surface area contributed by atoms with Crippen LogP contribution < -0.4 is 5.73 Å². The van der Waals surface area contributed by atoms with Crippen molar-refractivity contribution in [3.05, 3.63) is 40.7 Å². The average molecular weight is 450 g/mol. The van der Waals surface area contributed by atoms with Crippen LogP contribution in [0.2, 0.25) is 0 Å². The van der Waals surface area contributed by atoms with Gasteiger partial charge in [-0.1, -0.05) is 19.3 Å². The first-order valence-corrected chi connectivity index (χ1v) is 11.3. The summed E-state index contributed by atoms with van der Waals surface area (Å²) in [5.74, 6) is 0.611. The summed E-state index contributed by atoms with van der Waals surface area (Å²) >= 11 is 1.72. The normalized spacial score (nSPS) is 14.2. The first kappa shape index (κ1) is 21.8. The highest BCUT2D eigenvalue weighted by molar-refractivity contribution is 7.18. The van der Waals surface area contributed by atoms with Crippen molar-refractivity contribution >= 4 is 45.0 Å². The van der Waals surface area contributed by atoms with Crippen molar-refractivity contribution in [2.45, 2.75) is 51.9 Å².